The summed E-state index contributed by atoms with van der Waals surface area (Å²) in [6.07, 6.45) is 3.23. The summed E-state index contributed by atoms with van der Waals surface area (Å²) in [4.78, 5) is 2.53. The average Bonchev–Trinajstić information content (AvgIpc) is 2.62. The quantitative estimate of drug-likeness (QED) is 0.895. The summed E-state index contributed by atoms with van der Waals surface area (Å²) in [5.74, 6) is 0.512. The number of hydrogen-bond acceptors (Lipinski definition) is 3. The molecule has 0 spiro atoms. The molecular weight excluding hydrogens is 303 g/mol. The van der Waals surface area contributed by atoms with Gasteiger partial charge in [0, 0.05) is 37.8 Å². The molecule has 2 fully saturated rings. The number of nitrogens with zero attached hydrogens (tertiary/aromatic N) is 1. The zero-order chi connectivity index (χ0) is 17.0. The van der Waals surface area contributed by atoms with E-state index >= 15 is 0 Å². The third-order valence-electron chi connectivity index (χ3n) is 6.05. The van der Waals surface area contributed by atoms with Crippen LogP contribution in [0.15, 0.2) is 24.3 Å². The van der Waals surface area contributed by atoms with Crippen LogP contribution in [-0.2, 0) is 10.2 Å². The number of halogens is 1. The second kappa shape index (κ2) is 7.94. The van der Waals surface area contributed by atoms with Crippen LogP contribution in [0.2, 0.25) is 0 Å². The van der Waals surface area contributed by atoms with Crippen LogP contribution in [0.4, 0.5) is 4.39 Å². The molecule has 2 saturated heterocycles. The van der Waals surface area contributed by atoms with Crippen molar-refractivity contribution < 1.29 is 9.13 Å². The van der Waals surface area contributed by atoms with Crippen molar-refractivity contribution >= 4 is 0 Å². The molecular formula is C20H31FN2O. The molecule has 4 heteroatoms. The van der Waals surface area contributed by atoms with E-state index in [-0.39, 0.29) is 11.2 Å². The summed E-state index contributed by atoms with van der Waals surface area (Å²) in [7, 11) is 0. The lowest BCUT2D eigenvalue weighted by Gasteiger charge is -2.42. The molecule has 2 heterocycles. The summed E-state index contributed by atoms with van der Waals surface area (Å²) in [5.41, 5.74) is 1.33. The molecule has 2 aliphatic heterocycles. The molecule has 0 bridgehead atoms. The zero-order valence-electron chi connectivity index (χ0n) is 15.1. The Labute approximate surface area is 145 Å². The van der Waals surface area contributed by atoms with E-state index in [0.29, 0.717) is 12.0 Å². The lowest BCUT2D eigenvalue weighted by atomic mass is 9.73. The molecule has 3 rings (SSSR count). The van der Waals surface area contributed by atoms with Gasteiger partial charge in [-0.15, -0.1) is 0 Å². The van der Waals surface area contributed by atoms with Crippen LogP contribution < -0.4 is 5.32 Å². The van der Waals surface area contributed by atoms with Crippen molar-refractivity contribution in [3.8, 4) is 0 Å². The Morgan fingerprint density at radius 2 is 1.96 bits per heavy atom. The molecule has 2 aliphatic rings. The molecule has 1 aromatic carbocycles. The first-order valence-corrected chi connectivity index (χ1v) is 9.42. The fourth-order valence-corrected chi connectivity index (χ4v) is 4.28. The van der Waals surface area contributed by atoms with Gasteiger partial charge >= 0.3 is 0 Å². The van der Waals surface area contributed by atoms with E-state index < -0.39 is 0 Å². The van der Waals surface area contributed by atoms with Gasteiger partial charge in [-0.2, -0.15) is 0 Å². The van der Waals surface area contributed by atoms with Gasteiger partial charge < -0.3 is 15.0 Å². The molecule has 24 heavy (non-hydrogen) atoms. The fourth-order valence-electron chi connectivity index (χ4n) is 4.28. The molecule has 0 unspecified atom stereocenters. The molecule has 0 amide bonds. The van der Waals surface area contributed by atoms with Gasteiger partial charge in [0.05, 0.1) is 0 Å². The molecule has 3 nitrogen and oxygen atoms in total. The number of piperidine rings is 1. The van der Waals surface area contributed by atoms with E-state index in [1.807, 2.05) is 12.1 Å². The van der Waals surface area contributed by atoms with E-state index in [9.17, 15) is 4.39 Å². The largest absolute Gasteiger partial charge is 0.381 e. The Balaban J connectivity index is 1.68. The summed E-state index contributed by atoms with van der Waals surface area (Å²) < 4.78 is 18.9. The molecule has 0 radical (unpaired) electrons. The highest BCUT2D eigenvalue weighted by molar-refractivity contribution is 5.27. The highest BCUT2D eigenvalue weighted by Gasteiger charge is 2.36. The van der Waals surface area contributed by atoms with Gasteiger partial charge in [0.15, 0.2) is 0 Å². The summed E-state index contributed by atoms with van der Waals surface area (Å²) >= 11 is 0. The number of rotatable bonds is 5. The monoisotopic (exact) mass is 334 g/mol. The molecule has 1 aromatic rings. The van der Waals surface area contributed by atoms with Crippen LogP contribution in [0.25, 0.3) is 0 Å². The van der Waals surface area contributed by atoms with E-state index in [4.69, 9.17) is 4.74 Å². The zero-order valence-corrected chi connectivity index (χ0v) is 15.1. The fraction of sp³-hybridized carbons (Fsp3) is 0.700. The van der Waals surface area contributed by atoms with Crippen molar-refractivity contribution in [2.45, 2.75) is 44.6 Å². The van der Waals surface area contributed by atoms with Gasteiger partial charge in [0.2, 0.25) is 0 Å². The predicted molar refractivity (Wildman–Crippen MR) is 95.8 cm³/mol. The van der Waals surface area contributed by atoms with Gasteiger partial charge in [-0.1, -0.05) is 26.0 Å². The Morgan fingerprint density at radius 3 is 2.58 bits per heavy atom. The van der Waals surface area contributed by atoms with Gasteiger partial charge in [-0.3, -0.25) is 0 Å². The Bertz CT molecular complexity index is 513. The number of ether oxygens (including phenoxy) is 1. The first kappa shape index (κ1) is 17.8. The van der Waals surface area contributed by atoms with Crippen LogP contribution in [-0.4, -0.2) is 50.3 Å². The Kier molecular flexibility index (Phi) is 5.90. The third-order valence-corrected chi connectivity index (χ3v) is 6.05. The summed E-state index contributed by atoms with van der Waals surface area (Å²) in [6, 6.07) is 7.69. The van der Waals surface area contributed by atoms with Crippen LogP contribution >= 0.6 is 0 Å². The van der Waals surface area contributed by atoms with Gasteiger partial charge in [-0.25, -0.2) is 4.39 Å². The second-order valence-electron chi connectivity index (χ2n) is 7.55. The lowest BCUT2D eigenvalue weighted by Crippen LogP contribution is -2.52. The van der Waals surface area contributed by atoms with E-state index in [2.05, 4.69) is 24.1 Å². The van der Waals surface area contributed by atoms with E-state index in [1.54, 1.807) is 12.1 Å². The van der Waals surface area contributed by atoms with Crippen LogP contribution in [0.3, 0.4) is 0 Å². The maximum Gasteiger partial charge on any atom is 0.123 e. The first-order chi connectivity index (χ1) is 11.6. The standard InChI is InChI=1S/C20H31FN2O/c1-3-23-11-8-19(16(2)14-23)22-15-20(9-12-24-13-10-20)17-4-6-18(21)7-5-17/h4-7,16,19,22H,3,8-15H2,1-2H3/t16-,19+/m0/s1. The van der Waals surface area contributed by atoms with Crippen molar-refractivity contribution in [3.63, 3.8) is 0 Å². The van der Waals surface area contributed by atoms with Crippen LogP contribution in [0, 0.1) is 11.7 Å². The third kappa shape index (κ3) is 3.98. The number of nitrogens with one attached hydrogen (secondary N) is 1. The highest BCUT2D eigenvalue weighted by atomic mass is 19.1. The van der Waals surface area contributed by atoms with E-state index in [0.717, 1.165) is 39.1 Å². The number of benzene rings is 1. The van der Waals surface area contributed by atoms with Crippen molar-refractivity contribution in [2.75, 3.05) is 39.4 Å². The smallest absolute Gasteiger partial charge is 0.123 e. The average molecular weight is 334 g/mol. The van der Waals surface area contributed by atoms with Crippen molar-refractivity contribution in [2.24, 2.45) is 5.92 Å². The molecule has 0 aromatic heterocycles. The Hall–Kier alpha value is -0.970. The summed E-state index contributed by atoms with van der Waals surface area (Å²) in [5, 5.41) is 3.86. The van der Waals surface area contributed by atoms with Gasteiger partial charge in [0.25, 0.3) is 0 Å². The lowest BCUT2D eigenvalue weighted by molar-refractivity contribution is 0.0459. The van der Waals surface area contributed by atoms with Crippen LogP contribution in [0.5, 0.6) is 0 Å². The van der Waals surface area contributed by atoms with Gasteiger partial charge in [-0.05, 0) is 56.0 Å². The predicted octanol–water partition coefficient (Wildman–Crippen LogP) is 3.19. The number of hydrogen-bond donors (Lipinski definition) is 1. The topological polar surface area (TPSA) is 24.5 Å². The van der Waals surface area contributed by atoms with Crippen molar-refractivity contribution in [3.05, 3.63) is 35.6 Å². The maximum atomic E-state index is 13.3. The highest BCUT2D eigenvalue weighted by Crippen LogP contribution is 2.35. The first-order valence-electron chi connectivity index (χ1n) is 9.42. The van der Waals surface area contributed by atoms with Crippen molar-refractivity contribution in [1.82, 2.24) is 10.2 Å². The van der Waals surface area contributed by atoms with Crippen LogP contribution in [0.1, 0.15) is 38.7 Å². The number of likely N-dealkylation sites (tertiary alicyclic amines) is 1. The van der Waals surface area contributed by atoms with Gasteiger partial charge in [0.1, 0.15) is 5.82 Å². The SMILES string of the molecule is CCN1CC[C@@H](NCC2(c3ccc(F)cc3)CCOCC2)[C@@H](C)C1. The van der Waals surface area contributed by atoms with E-state index in [1.165, 1.54) is 25.1 Å². The Morgan fingerprint density at radius 1 is 1.25 bits per heavy atom. The second-order valence-corrected chi connectivity index (χ2v) is 7.55. The molecule has 134 valence electrons. The van der Waals surface area contributed by atoms with Crippen molar-refractivity contribution in [1.29, 1.82) is 0 Å². The summed E-state index contributed by atoms with van der Waals surface area (Å²) in [6.45, 7) is 10.7. The molecule has 0 aliphatic carbocycles. The minimum atomic E-state index is -0.158. The normalized spacial score (nSPS) is 28.0. The maximum absolute atomic E-state index is 13.3. The minimum Gasteiger partial charge on any atom is -0.381 e. The molecule has 2 atom stereocenters. The molecule has 0 saturated carbocycles. The minimum absolute atomic E-state index is 0.0769. The molecule has 1 N–H and O–H groups in total.